The molecule has 3 heterocycles. The largest absolute Gasteiger partial charge is 1.00 e. The maximum absolute atomic E-state index is 12.8. The van der Waals surface area contributed by atoms with Gasteiger partial charge in [0.2, 0.25) is 5.82 Å². The molecule has 10 nitrogen and oxygen atoms in total. The number of carbonyl (C=O) groups excluding carboxylic acids is 1. The Bertz CT molecular complexity index is 1330. The van der Waals surface area contributed by atoms with Crippen LogP contribution in [0.5, 0.6) is 11.5 Å². The molecule has 0 aliphatic rings. The van der Waals surface area contributed by atoms with Crippen molar-refractivity contribution in [2.45, 2.75) is 33.3 Å². The van der Waals surface area contributed by atoms with Crippen LogP contribution in [0.2, 0.25) is 0 Å². The predicted molar refractivity (Wildman–Crippen MR) is 112 cm³/mol. The zero-order chi connectivity index (χ0) is 22.0. The van der Waals surface area contributed by atoms with Crippen LogP contribution in [0.4, 0.5) is 0 Å². The second kappa shape index (κ2) is 10.4. The van der Waals surface area contributed by atoms with Crippen molar-refractivity contribution in [2.75, 3.05) is 0 Å². The van der Waals surface area contributed by atoms with Crippen LogP contribution in [0.3, 0.4) is 0 Å². The number of hydrogen-bond acceptors (Lipinski definition) is 8. The molecule has 0 fully saturated rings. The minimum Gasteiger partial charge on any atom is -1.00 e. The molecule has 4 rings (SSSR count). The first-order chi connectivity index (χ1) is 15.0. The van der Waals surface area contributed by atoms with E-state index in [1.165, 1.54) is 17.5 Å². The molecular weight excluding hydrogens is 439 g/mol. The molecule has 0 unspecified atom stereocenters. The molecule has 0 atom stereocenters. The normalized spacial score (nSPS) is 10.7. The van der Waals surface area contributed by atoms with Gasteiger partial charge in [-0.1, -0.05) is 19.4 Å². The molecule has 0 bridgehead atoms. The molecular formula is C21H21KN6O4. The van der Waals surface area contributed by atoms with E-state index < -0.39 is 0 Å². The number of carbonyl (C=O) groups is 1. The number of nitrogens with one attached hydrogen (secondary N) is 1. The van der Waals surface area contributed by atoms with Gasteiger partial charge in [0.05, 0.1) is 5.56 Å². The average molecular weight is 461 g/mol. The Kier molecular flexibility index (Phi) is 7.90. The summed E-state index contributed by atoms with van der Waals surface area (Å²) in [4.78, 5) is 29.0. The van der Waals surface area contributed by atoms with Gasteiger partial charge in [0.15, 0.2) is 5.78 Å². The number of hydrogen-bond donors (Lipinski definition) is 2. The van der Waals surface area contributed by atoms with Gasteiger partial charge in [-0.2, -0.15) is 5.21 Å². The summed E-state index contributed by atoms with van der Waals surface area (Å²) in [5.41, 5.74) is 1.85. The molecule has 1 aromatic carbocycles. The fourth-order valence-electron chi connectivity index (χ4n) is 3.39. The number of nitrogens with zero attached hydrogens (tertiary/aromatic N) is 5. The van der Waals surface area contributed by atoms with Crippen LogP contribution in [0.15, 0.2) is 41.5 Å². The van der Waals surface area contributed by atoms with E-state index in [4.69, 9.17) is 4.74 Å². The van der Waals surface area contributed by atoms with Crippen LogP contribution >= 0.6 is 0 Å². The Balaban J connectivity index is 0.00000193. The maximum atomic E-state index is 12.8. The number of fused-ring (bicyclic) bond motifs is 1. The number of Topliss-reactive ketones (excluding diaryl/α,β-unsaturated/α-hetero) is 1. The summed E-state index contributed by atoms with van der Waals surface area (Å²) in [5.74, 6) is 0.385. The van der Waals surface area contributed by atoms with Crippen molar-refractivity contribution >= 4 is 11.4 Å². The van der Waals surface area contributed by atoms with Crippen LogP contribution in [0.1, 0.15) is 43.2 Å². The first kappa shape index (κ1) is 24.2. The van der Waals surface area contributed by atoms with Gasteiger partial charge in [-0.15, -0.1) is 10.2 Å². The van der Waals surface area contributed by atoms with Gasteiger partial charge in [-0.25, -0.2) is 4.98 Å². The van der Waals surface area contributed by atoms with Gasteiger partial charge in [-0.05, 0) is 36.8 Å². The van der Waals surface area contributed by atoms with E-state index in [-0.39, 0.29) is 93.5 Å². The van der Waals surface area contributed by atoms with Crippen molar-refractivity contribution in [1.29, 1.82) is 0 Å². The molecule has 0 aliphatic heterocycles. The Labute approximate surface area is 226 Å². The van der Waals surface area contributed by atoms with E-state index in [9.17, 15) is 14.7 Å². The molecule has 2 N–H and O–H groups in total. The second-order valence-corrected chi connectivity index (χ2v) is 6.97. The molecule has 3 aromatic heterocycles. The number of aromatic hydroxyl groups is 1. The molecule has 160 valence electrons. The summed E-state index contributed by atoms with van der Waals surface area (Å²) in [6, 6.07) is 6.76. The molecule has 0 spiro atoms. The number of tetrazole rings is 1. The van der Waals surface area contributed by atoms with Gasteiger partial charge in [0.25, 0.3) is 5.56 Å². The minimum absolute atomic E-state index is 0. The van der Waals surface area contributed by atoms with E-state index in [0.29, 0.717) is 28.9 Å². The van der Waals surface area contributed by atoms with Gasteiger partial charge in [0.1, 0.15) is 29.3 Å². The third kappa shape index (κ3) is 4.66. The number of H-pyrrole nitrogens is 1. The van der Waals surface area contributed by atoms with Crippen molar-refractivity contribution in [3.05, 3.63) is 63.7 Å². The quantitative estimate of drug-likeness (QED) is 0.277. The number of aromatic amines is 1. The number of ketones is 1. The Morgan fingerprint density at radius 3 is 2.81 bits per heavy atom. The van der Waals surface area contributed by atoms with Crippen molar-refractivity contribution < 1.29 is 67.4 Å². The summed E-state index contributed by atoms with van der Waals surface area (Å²) >= 11 is 0. The SMILES string of the molecule is CCCc1c(OCc2cccn3c(=O)c(-c4nn[nH]n4)cnc23)ccc(C(C)=O)c1O.[H-].[K+]. The van der Waals surface area contributed by atoms with Crippen LogP contribution in [-0.4, -0.2) is 40.9 Å². The van der Waals surface area contributed by atoms with Crippen LogP contribution in [0, 0.1) is 0 Å². The number of phenols is 1. The number of ether oxygens (including phenoxy) is 1. The second-order valence-electron chi connectivity index (χ2n) is 6.97. The van der Waals surface area contributed by atoms with Gasteiger partial charge >= 0.3 is 51.4 Å². The van der Waals surface area contributed by atoms with Crippen LogP contribution in [0.25, 0.3) is 17.0 Å². The van der Waals surface area contributed by atoms with Crippen molar-refractivity contribution in [3.63, 3.8) is 0 Å². The summed E-state index contributed by atoms with van der Waals surface area (Å²) < 4.78 is 7.37. The summed E-state index contributed by atoms with van der Waals surface area (Å²) in [6.45, 7) is 3.51. The average Bonchev–Trinajstić information content (AvgIpc) is 3.29. The Morgan fingerprint density at radius 2 is 2.12 bits per heavy atom. The summed E-state index contributed by atoms with van der Waals surface area (Å²) in [5, 5.41) is 24.0. The summed E-state index contributed by atoms with van der Waals surface area (Å²) in [6.07, 6.45) is 4.34. The molecule has 11 heteroatoms. The molecule has 0 saturated carbocycles. The number of rotatable bonds is 7. The zero-order valence-corrected chi connectivity index (χ0v) is 21.1. The van der Waals surface area contributed by atoms with E-state index in [1.807, 2.05) is 6.92 Å². The van der Waals surface area contributed by atoms with Gasteiger partial charge < -0.3 is 11.3 Å². The van der Waals surface area contributed by atoms with Crippen LogP contribution in [-0.2, 0) is 13.0 Å². The molecule has 32 heavy (non-hydrogen) atoms. The fourth-order valence-corrected chi connectivity index (χ4v) is 3.39. The third-order valence-electron chi connectivity index (χ3n) is 4.90. The predicted octanol–water partition coefficient (Wildman–Crippen LogP) is -0.569. The maximum Gasteiger partial charge on any atom is 1.00 e. The van der Waals surface area contributed by atoms with Crippen molar-refractivity contribution in [3.8, 4) is 22.9 Å². The molecule has 0 radical (unpaired) electrons. The van der Waals surface area contributed by atoms with E-state index in [0.717, 1.165) is 6.42 Å². The zero-order valence-electron chi connectivity index (χ0n) is 19.0. The fraction of sp³-hybridized carbons (Fsp3) is 0.238. The van der Waals surface area contributed by atoms with Crippen molar-refractivity contribution in [1.82, 2.24) is 30.0 Å². The number of phenolic OH excluding ortho intramolecular Hbond substituents is 1. The number of aromatic nitrogens is 6. The van der Waals surface area contributed by atoms with Crippen molar-refractivity contribution in [2.24, 2.45) is 0 Å². The van der Waals surface area contributed by atoms with Gasteiger partial charge in [-0.3, -0.25) is 14.0 Å². The van der Waals surface area contributed by atoms with Crippen LogP contribution < -0.4 is 61.7 Å². The molecule has 0 aliphatic carbocycles. The third-order valence-corrected chi connectivity index (χ3v) is 4.90. The summed E-state index contributed by atoms with van der Waals surface area (Å²) in [7, 11) is 0. The number of benzene rings is 1. The molecule has 0 saturated heterocycles. The minimum atomic E-state index is -0.330. The molecule has 0 amide bonds. The number of pyridine rings is 1. The first-order valence-electron chi connectivity index (χ1n) is 9.73. The smallest absolute Gasteiger partial charge is 1.00 e. The first-order valence-corrected chi connectivity index (χ1v) is 9.73. The van der Waals surface area contributed by atoms with E-state index in [1.54, 1.807) is 30.5 Å². The Morgan fingerprint density at radius 1 is 1.31 bits per heavy atom. The topological polar surface area (TPSA) is 135 Å². The van der Waals surface area contributed by atoms with E-state index in [2.05, 4.69) is 25.6 Å². The van der Waals surface area contributed by atoms with Gasteiger partial charge in [0, 0.05) is 23.5 Å². The Hall–Kier alpha value is -2.44. The van der Waals surface area contributed by atoms with E-state index >= 15 is 0 Å². The molecule has 4 aromatic rings. The standard InChI is InChI=1S/C21H20N6O4.K.H/c1-3-5-15-17(8-7-14(12(2)28)18(15)29)31-11-13-6-4-9-27-20(13)22-10-16(21(27)30)19-23-25-26-24-19;;/h4,6-10,29H,3,5,11H2,1-2H3,(H,23,24,25,26);;/q;+1;-1. The monoisotopic (exact) mass is 460 g/mol.